The van der Waals surface area contributed by atoms with E-state index in [1.165, 1.54) is 11.1 Å². The van der Waals surface area contributed by atoms with Gasteiger partial charge in [0.15, 0.2) is 0 Å². The molecule has 3 rings (SSSR count). The smallest absolute Gasteiger partial charge is 0.135 e. The van der Waals surface area contributed by atoms with Gasteiger partial charge in [-0.2, -0.15) is 0 Å². The molecule has 1 aliphatic heterocycles. The predicted octanol–water partition coefficient (Wildman–Crippen LogP) is 3.15. The van der Waals surface area contributed by atoms with Gasteiger partial charge >= 0.3 is 0 Å². The van der Waals surface area contributed by atoms with E-state index in [0.29, 0.717) is 0 Å². The fourth-order valence-electron chi connectivity index (χ4n) is 2.38. The van der Waals surface area contributed by atoms with Crippen molar-refractivity contribution >= 4 is 22.8 Å². The van der Waals surface area contributed by atoms with Gasteiger partial charge in [-0.3, -0.25) is 4.99 Å². The Morgan fingerprint density at radius 3 is 3.06 bits per heavy atom. The molecule has 0 saturated heterocycles. The molecule has 1 aromatic heterocycles. The van der Waals surface area contributed by atoms with Crippen LogP contribution in [-0.4, -0.2) is 17.9 Å². The molecular weight excluding hydrogens is 226 g/mol. The molecule has 18 heavy (non-hydrogen) atoms. The third-order valence-corrected chi connectivity index (χ3v) is 3.29. The molecule has 0 unspecified atom stereocenters. The van der Waals surface area contributed by atoms with Crippen molar-refractivity contribution in [1.82, 2.24) is 0 Å². The van der Waals surface area contributed by atoms with Crippen LogP contribution in [0.1, 0.15) is 30.0 Å². The van der Waals surface area contributed by atoms with Gasteiger partial charge in [-0.15, -0.1) is 0 Å². The molecule has 1 N–H and O–H groups in total. The number of nitrogens with zero attached hydrogens (tertiary/aromatic N) is 1. The highest BCUT2D eigenvalue weighted by molar-refractivity contribution is 6.05. The van der Waals surface area contributed by atoms with Gasteiger partial charge in [-0.05, 0) is 42.5 Å². The highest BCUT2D eigenvalue weighted by atomic mass is 16.3. The molecule has 92 valence electrons. The van der Waals surface area contributed by atoms with E-state index in [1.807, 2.05) is 12.4 Å². The summed E-state index contributed by atoms with van der Waals surface area (Å²) in [6.07, 6.45) is 7.10. The number of allylic oxidation sites excluding steroid dienone is 1. The van der Waals surface area contributed by atoms with Crippen molar-refractivity contribution in [2.24, 2.45) is 4.99 Å². The summed E-state index contributed by atoms with van der Waals surface area (Å²) in [6, 6.07) is 4.24. The van der Waals surface area contributed by atoms with E-state index in [2.05, 4.69) is 24.0 Å². The number of aliphatic hydroxyl groups is 1. The van der Waals surface area contributed by atoms with E-state index in [9.17, 15) is 0 Å². The van der Waals surface area contributed by atoms with Crippen LogP contribution in [0.25, 0.3) is 16.5 Å². The van der Waals surface area contributed by atoms with Gasteiger partial charge in [0.25, 0.3) is 0 Å². The maximum Gasteiger partial charge on any atom is 0.135 e. The molecular formula is C15H15NO2. The lowest BCUT2D eigenvalue weighted by Crippen LogP contribution is -1.92. The lowest BCUT2D eigenvalue weighted by atomic mass is 9.97. The maximum absolute atomic E-state index is 8.92. The monoisotopic (exact) mass is 241 g/mol. The Morgan fingerprint density at radius 1 is 1.33 bits per heavy atom. The topological polar surface area (TPSA) is 45.7 Å². The first kappa shape index (κ1) is 11.2. The molecule has 0 fully saturated rings. The summed E-state index contributed by atoms with van der Waals surface area (Å²) in [7, 11) is 0. The third kappa shape index (κ3) is 1.77. The zero-order chi connectivity index (χ0) is 12.5. The second-order valence-corrected chi connectivity index (χ2v) is 4.63. The normalized spacial score (nSPS) is 13.8. The van der Waals surface area contributed by atoms with Crippen molar-refractivity contribution in [3.63, 3.8) is 0 Å². The summed E-state index contributed by atoms with van der Waals surface area (Å²) in [5.41, 5.74) is 5.45. The van der Waals surface area contributed by atoms with Crippen molar-refractivity contribution in [1.29, 1.82) is 0 Å². The third-order valence-electron chi connectivity index (χ3n) is 3.29. The number of hydrogen-bond donors (Lipinski definition) is 1. The fraction of sp³-hybridized carbons (Fsp3) is 0.267. The summed E-state index contributed by atoms with van der Waals surface area (Å²) in [6.45, 7) is 2.28. The van der Waals surface area contributed by atoms with Crippen LogP contribution < -0.4 is 0 Å². The first-order chi connectivity index (χ1) is 8.79. The molecule has 0 aliphatic carbocycles. The van der Waals surface area contributed by atoms with Crippen LogP contribution >= 0.6 is 0 Å². The standard InChI is InChI=1S/C15H15NO2/c1-10-7-16-8-12-9-18-14-6-11(3-2-4-17)5-13(10)15(12)14/h5-9,17H,2-4H2,1H3. The second-order valence-electron chi connectivity index (χ2n) is 4.63. The molecule has 0 saturated carbocycles. The summed E-state index contributed by atoms with van der Waals surface area (Å²) in [5, 5.41) is 10.1. The van der Waals surface area contributed by atoms with E-state index in [0.717, 1.165) is 34.9 Å². The minimum Gasteiger partial charge on any atom is -0.464 e. The van der Waals surface area contributed by atoms with Crippen molar-refractivity contribution in [2.45, 2.75) is 19.8 Å². The molecule has 1 aliphatic rings. The SMILES string of the molecule is CC1=CN=Cc2coc3cc(CCCO)cc1c23. The van der Waals surface area contributed by atoms with E-state index in [-0.39, 0.29) is 6.61 Å². The molecule has 2 aromatic rings. The molecule has 0 bridgehead atoms. The zero-order valence-electron chi connectivity index (χ0n) is 10.3. The Bertz CT molecular complexity index is 650. The van der Waals surface area contributed by atoms with Crippen LogP contribution in [0.4, 0.5) is 0 Å². The first-order valence-electron chi connectivity index (χ1n) is 6.15. The number of aliphatic hydroxyl groups excluding tert-OH is 1. The molecule has 0 spiro atoms. The van der Waals surface area contributed by atoms with Crippen LogP contribution in [0.2, 0.25) is 0 Å². The van der Waals surface area contributed by atoms with Crippen LogP contribution in [0.3, 0.4) is 0 Å². The van der Waals surface area contributed by atoms with Gasteiger partial charge in [-0.1, -0.05) is 6.07 Å². The quantitative estimate of drug-likeness (QED) is 0.897. The summed E-state index contributed by atoms with van der Waals surface area (Å²) in [5.74, 6) is 0. The molecule has 1 aromatic carbocycles. The molecule has 2 heterocycles. The Morgan fingerprint density at radius 2 is 2.22 bits per heavy atom. The first-order valence-corrected chi connectivity index (χ1v) is 6.15. The zero-order valence-corrected chi connectivity index (χ0v) is 10.3. The van der Waals surface area contributed by atoms with E-state index < -0.39 is 0 Å². The fourth-order valence-corrected chi connectivity index (χ4v) is 2.38. The summed E-state index contributed by atoms with van der Waals surface area (Å²) < 4.78 is 5.60. The van der Waals surface area contributed by atoms with Crippen LogP contribution in [0.15, 0.2) is 34.0 Å². The van der Waals surface area contributed by atoms with Crippen molar-refractivity contribution in [2.75, 3.05) is 6.61 Å². The van der Waals surface area contributed by atoms with Gasteiger partial charge in [0, 0.05) is 30.0 Å². The molecule has 3 nitrogen and oxygen atoms in total. The lowest BCUT2D eigenvalue weighted by molar-refractivity contribution is 0.288. The van der Waals surface area contributed by atoms with Gasteiger partial charge < -0.3 is 9.52 Å². The Labute approximate surface area is 105 Å². The van der Waals surface area contributed by atoms with Crippen LogP contribution in [0, 0.1) is 0 Å². The summed E-state index contributed by atoms with van der Waals surface area (Å²) >= 11 is 0. The van der Waals surface area contributed by atoms with Gasteiger partial charge in [0.2, 0.25) is 0 Å². The van der Waals surface area contributed by atoms with Gasteiger partial charge in [0.1, 0.15) is 11.8 Å². The highest BCUT2D eigenvalue weighted by Gasteiger charge is 2.14. The average Bonchev–Trinajstić information content (AvgIpc) is 2.71. The van der Waals surface area contributed by atoms with Crippen LogP contribution in [0.5, 0.6) is 0 Å². The molecule has 0 amide bonds. The van der Waals surface area contributed by atoms with Crippen molar-refractivity contribution in [3.8, 4) is 0 Å². The van der Waals surface area contributed by atoms with Crippen molar-refractivity contribution in [3.05, 3.63) is 41.3 Å². The van der Waals surface area contributed by atoms with E-state index >= 15 is 0 Å². The highest BCUT2D eigenvalue weighted by Crippen LogP contribution is 2.32. The Balaban J connectivity index is 2.20. The Kier molecular flexibility index (Phi) is 2.76. The maximum atomic E-state index is 8.92. The number of benzene rings is 1. The van der Waals surface area contributed by atoms with Gasteiger partial charge in [-0.25, -0.2) is 0 Å². The average molecular weight is 241 g/mol. The van der Waals surface area contributed by atoms with Crippen molar-refractivity contribution < 1.29 is 9.52 Å². The van der Waals surface area contributed by atoms with E-state index in [4.69, 9.17) is 9.52 Å². The number of aryl methyl sites for hydroxylation is 1. The number of hydrogen-bond acceptors (Lipinski definition) is 3. The lowest BCUT2D eigenvalue weighted by Gasteiger charge is -2.06. The minimum absolute atomic E-state index is 0.217. The summed E-state index contributed by atoms with van der Waals surface area (Å²) in [4.78, 5) is 4.27. The number of rotatable bonds is 3. The molecule has 0 atom stereocenters. The Hall–Kier alpha value is -1.87. The number of furan rings is 1. The van der Waals surface area contributed by atoms with Crippen LogP contribution in [-0.2, 0) is 6.42 Å². The second kappa shape index (κ2) is 4.42. The predicted molar refractivity (Wildman–Crippen MR) is 72.9 cm³/mol. The number of aliphatic imine (C=N–C) groups is 1. The minimum atomic E-state index is 0.217. The van der Waals surface area contributed by atoms with E-state index in [1.54, 1.807) is 6.26 Å². The molecule has 3 heteroatoms. The molecule has 0 radical (unpaired) electrons. The van der Waals surface area contributed by atoms with Gasteiger partial charge in [0.05, 0.1) is 0 Å². The largest absolute Gasteiger partial charge is 0.464 e.